The van der Waals surface area contributed by atoms with Gasteiger partial charge >= 0.3 is 0 Å². The molecule has 0 spiro atoms. The maximum atomic E-state index is 13.6. The summed E-state index contributed by atoms with van der Waals surface area (Å²) in [6.07, 6.45) is 3.30. The van der Waals surface area contributed by atoms with E-state index in [4.69, 9.17) is 0 Å². The molecule has 122 valence electrons. The first-order chi connectivity index (χ1) is 11.5. The maximum absolute atomic E-state index is 13.6. The van der Waals surface area contributed by atoms with Gasteiger partial charge in [-0.1, -0.05) is 0 Å². The SMILES string of the molecule is Cc1ncn(-c2ccc(NC(=O)c3c(F)cncc3F)cc2)c1C. The van der Waals surface area contributed by atoms with Gasteiger partial charge in [0.25, 0.3) is 5.91 Å². The van der Waals surface area contributed by atoms with Crippen molar-refractivity contribution in [2.45, 2.75) is 13.8 Å². The third kappa shape index (κ3) is 2.88. The van der Waals surface area contributed by atoms with Crippen molar-refractivity contribution in [2.75, 3.05) is 5.32 Å². The Morgan fingerprint density at radius 2 is 1.71 bits per heavy atom. The molecular weight excluding hydrogens is 314 g/mol. The predicted octanol–water partition coefficient (Wildman–Crippen LogP) is 3.41. The van der Waals surface area contributed by atoms with Gasteiger partial charge in [0, 0.05) is 17.1 Å². The first-order valence-corrected chi connectivity index (χ1v) is 7.18. The minimum absolute atomic E-state index is 0.425. The second-order valence-corrected chi connectivity index (χ2v) is 5.26. The summed E-state index contributed by atoms with van der Waals surface area (Å²) in [6, 6.07) is 6.87. The molecular formula is C17H14F2N4O. The maximum Gasteiger partial charge on any atom is 0.261 e. The van der Waals surface area contributed by atoms with Crippen molar-refractivity contribution in [3.8, 4) is 5.69 Å². The van der Waals surface area contributed by atoms with Crippen LogP contribution in [0.15, 0.2) is 43.0 Å². The van der Waals surface area contributed by atoms with Crippen LogP contribution in [0.1, 0.15) is 21.7 Å². The lowest BCUT2D eigenvalue weighted by Gasteiger charge is -2.09. The molecule has 0 saturated carbocycles. The number of benzene rings is 1. The highest BCUT2D eigenvalue weighted by Gasteiger charge is 2.17. The molecule has 0 aliphatic rings. The van der Waals surface area contributed by atoms with Gasteiger partial charge in [-0.2, -0.15) is 0 Å². The van der Waals surface area contributed by atoms with Crippen LogP contribution in [0.25, 0.3) is 5.69 Å². The van der Waals surface area contributed by atoms with Gasteiger partial charge in [-0.25, -0.2) is 13.8 Å². The molecule has 2 heterocycles. The second-order valence-electron chi connectivity index (χ2n) is 5.26. The topological polar surface area (TPSA) is 59.8 Å². The molecule has 1 aromatic carbocycles. The van der Waals surface area contributed by atoms with E-state index in [1.807, 2.05) is 18.4 Å². The second kappa shape index (κ2) is 6.19. The summed E-state index contributed by atoms with van der Waals surface area (Å²) in [7, 11) is 0. The van der Waals surface area contributed by atoms with E-state index in [2.05, 4.69) is 15.3 Å². The number of nitrogens with zero attached hydrogens (tertiary/aromatic N) is 3. The monoisotopic (exact) mass is 328 g/mol. The summed E-state index contributed by atoms with van der Waals surface area (Å²) in [6.45, 7) is 3.87. The van der Waals surface area contributed by atoms with Crippen LogP contribution in [0.5, 0.6) is 0 Å². The minimum atomic E-state index is -1.01. The van der Waals surface area contributed by atoms with Crippen LogP contribution >= 0.6 is 0 Å². The van der Waals surface area contributed by atoms with E-state index < -0.39 is 23.1 Å². The summed E-state index contributed by atoms with van der Waals surface area (Å²) < 4.78 is 29.0. The van der Waals surface area contributed by atoms with Crippen molar-refractivity contribution in [3.63, 3.8) is 0 Å². The molecule has 0 aliphatic carbocycles. The molecule has 0 bridgehead atoms. The fraction of sp³-hybridized carbons (Fsp3) is 0.118. The number of amides is 1. The predicted molar refractivity (Wildman–Crippen MR) is 85.1 cm³/mol. The van der Waals surface area contributed by atoms with E-state index in [0.29, 0.717) is 5.69 Å². The highest BCUT2D eigenvalue weighted by molar-refractivity contribution is 6.04. The van der Waals surface area contributed by atoms with E-state index in [0.717, 1.165) is 29.5 Å². The molecule has 0 atom stereocenters. The Balaban J connectivity index is 1.82. The average Bonchev–Trinajstić information content (AvgIpc) is 2.88. The van der Waals surface area contributed by atoms with Crippen LogP contribution in [0.3, 0.4) is 0 Å². The number of carbonyl (C=O) groups excluding carboxylic acids is 1. The van der Waals surface area contributed by atoms with Crippen LogP contribution < -0.4 is 5.32 Å². The third-order valence-corrected chi connectivity index (χ3v) is 3.74. The van der Waals surface area contributed by atoms with Crippen LogP contribution in [0, 0.1) is 25.5 Å². The van der Waals surface area contributed by atoms with Crippen molar-refractivity contribution in [3.05, 3.63) is 71.6 Å². The van der Waals surface area contributed by atoms with Gasteiger partial charge in [-0.05, 0) is 38.1 Å². The van der Waals surface area contributed by atoms with Gasteiger partial charge in [0.1, 0.15) is 5.56 Å². The fourth-order valence-corrected chi connectivity index (χ4v) is 2.29. The summed E-state index contributed by atoms with van der Waals surface area (Å²) in [4.78, 5) is 19.6. The zero-order chi connectivity index (χ0) is 17.3. The zero-order valence-electron chi connectivity index (χ0n) is 13.0. The van der Waals surface area contributed by atoms with Gasteiger partial charge in [0.15, 0.2) is 11.6 Å². The Kier molecular flexibility index (Phi) is 4.07. The number of hydrogen-bond donors (Lipinski definition) is 1. The Morgan fingerprint density at radius 3 is 2.25 bits per heavy atom. The molecule has 5 nitrogen and oxygen atoms in total. The van der Waals surface area contributed by atoms with Gasteiger partial charge < -0.3 is 9.88 Å². The van der Waals surface area contributed by atoms with Gasteiger partial charge in [0.05, 0.1) is 24.4 Å². The number of aromatic nitrogens is 3. The largest absolute Gasteiger partial charge is 0.322 e. The zero-order valence-corrected chi connectivity index (χ0v) is 13.0. The smallest absolute Gasteiger partial charge is 0.261 e. The fourth-order valence-electron chi connectivity index (χ4n) is 2.29. The minimum Gasteiger partial charge on any atom is -0.322 e. The summed E-state index contributed by atoms with van der Waals surface area (Å²) in [5.74, 6) is -2.88. The first kappa shape index (κ1) is 15.8. The number of hydrogen-bond acceptors (Lipinski definition) is 3. The third-order valence-electron chi connectivity index (χ3n) is 3.74. The molecule has 0 aliphatic heterocycles. The standard InChI is InChI=1S/C17H14F2N4O/c1-10-11(2)23(9-21-10)13-5-3-12(4-6-13)22-17(24)16-14(18)7-20-8-15(16)19/h3-9H,1-2H3,(H,22,24). The van der Waals surface area contributed by atoms with Gasteiger partial charge in [-0.15, -0.1) is 0 Å². The first-order valence-electron chi connectivity index (χ1n) is 7.18. The van der Waals surface area contributed by atoms with Crippen LogP contribution in [0.2, 0.25) is 0 Å². The Bertz CT molecular complexity index is 883. The summed E-state index contributed by atoms with van der Waals surface area (Å²) in [5, 5.41) is 2.47. The van der Waals surface area contributed by atoms with E-state index in [-0.39, 0.29) is 0 Å². The molecule has 2 aromatic heterocycles. The molecule has 0 fully saturated rings. The summed E-state index contributed by atoms with van der Waals surface area (Å²) >= 11 is 0. The molecule has 1 amide bonds. The highest BCUT2D eigenvalue weighted by atomic mass is 19.1. The molecule has 24 heavy (non-hydrogen) atoms. The number of nitrogens with one attached hydrogen (secondary N) is 1. The van der Waals surface area contributed by atoms with Crippen molar-refractivity contribution < 1.29 is 13.6 Å². The van der Waals surface area contributed by atoms with Gasteiger partial charge in [0.2, 0.25) is 0 Å². The molecule has 3 aromatic rings. The Hall–Kier alpha value is -3.09. The Labute approximate surface area is 137 Å². The number of carbonyl (C=O) groups is 1. The van der Waals surface area contributed by atoms with E-state index >= 15 is 0 Å². The van der Waals surface area contributed by atoms with Crippen molar-refractivity contribution >= 4 is 11.6 Å². The van der Waals surface area contributed by atoms with Crippen LogP contribution in [-0.4, -0.2) is 20.4 Å². The molecule has 7 heteroatoms. The van der Waals surface area contributed by atoms with Crippen molar-refractivity contribution in [1.82, 2.24) is 14.5 Å². The molecule has 0 radical (unpaired) electrons. The number of anilines is 1. The molecule has 0 unspecified atom stereocenters. The normalized spacial score (nSPS) is 10.7. The molecule has 0 saturated heterocycles. The lowest BCUT2D eigenvalue weighted by Crippen LogP contribution is -2.16. The number of aryl methyl sites for hydroxylation is 1. The van der Waals surface area contributed by atoms with Crippen molar-refractivity contribution in [2.24, 2.45) is 0 Å². The van der Waals surface area contributed by atoms with Crippen molar-refractivity contribution in [1.29, 1.82) is 0 Å². The lowest BCUT2D eigenvalue weighted by molar-refractivity contribution is 0.101. The number of halogens is 2. The van der Waals surface area contributed by atoms with Gasteiger partial charge in [-0.3, -0.25) is 9.78 Å². The lowest BCUT2D eigenvalue weighted by atomic mass is 10.2. The van der Waals surface area contributed by atoms with E-state index in [9.17, 15) is 13.6 Å². The quantitative estimate of drug-likeness (QED) is 0.801. The number of imidazole rings is 1. The van der Waals surface area contributed by atoms with Crippen LogP contribution in [-0.2, 0) is 0 Å². The number of rotatable bonds is 3. The van der Waals surface area contributed by atoms with E-state index in [1.165, 1.54) is 0 Å². The van der Waals surface area contributed by atoms with Crippen LogP contribution in [0.4, 0.5) is 14.5 Å². The average molecular weight is 328 g/mol. The molecule has 3 rings (SSSR count). The summed E-state index contributed by atoms with van der Waals surface area (Å²) in [5.41, 5.74) is 2.57. The Morgan fingerprint density at radius 1 is 1.08 bits per heavy atom. The highest BCUT2D eigenvalue weighted by Crippen LogP contribution is 2.18. The van der Waals surface area contributed by atoms with E-state index in [1.54, 1.807) is 30.6 Å². The number of pyridine rings is 1. The molecule has 1 N–H and O–H groups in total.